The molecule has 0 aliphatic heterocycles. The van der Waals surface area contributed by atoms with E-state index >= 15 is 0 Å². The van der Waals surface area contributed by atoms with E-state index in [1.54, 1.807) is 29.9 Å². The van der Waals surface area contributed by atoms with Crippen LogP contribution in [-0.2, 0) is 7.05 Å². The van der Waals surface area contributed by atoms with Gasteiger partial charge < -0.3 is 20.9 Å². The number of halogens is 1. The highest BCUT2D eigenvalue weighted by molar-refractivity contribution is 6.33. The van der Waals surface area contributed by atoms with Gasteiger partial charge in [0.2, 0.25) is 5.91 Å². The Morgan fingerprint density at radius 1 is 1.48 bits per heavy atom. The molecule has 7 nitrogen and oxygen atoms in total. The SMILES string of the molecule is Cn1ncc(Cl)c1-c1cc(C(N)=O)ccc1OCCNCCO. The van der Waals surface area contributed by atoms with Crippen molar-refractivity contribution in [1.82, 2.24) is 15.1 Å². The molecule has 0 bridgehead atoms. The Balaban J connectivity index is 2.29. The number of benzene rings is 1. The number of hydrogen-bond acceptors (Lipinski definition) is 5. The molecule has 0 unspecified atom stereocenters. The molecule has 8 heteroatoms. The molecule has 0 aliphatic rings. The third kappa shape index (κ3) is 4.22. The van der Waals surface area contributed by atoms with Gasteiger partial charge in [0.05, 0.1) is 23.5 Å². The van der Waals surface area contributed by atoms with E-state index in [1.165, 1.54) is 6.20 Å². The van der Waals surface area contributed by atoms with Crippen LogP contribution in [0.2, 0.25) is 5.02 Å². The number of amides is 1. The minimum atomic E-state index is -0.527. The maximum atomic E-state index is 11.4. The van der Waals surface area contributed by atoms with Gasteiger partial charge in [0, 0.05) is 31.3 Å². The number of aliphatic hydroxyl groups is 1. The van der Waals surface area contributed by atoms with Gasteiger partial charge in [-0.1, -0.05) is 11.6 Å². The van der Waals surface area contributed by atoms with Crippen molar-refractivity contribution in [2.24, 2.45) is 12.8 Å². The van der Waals surface area contributed by atoms with Crippen LogP contribution in [0.25, 0.3) is 11.3 Å². The number of ether oxygens (including phenoxy) is 1. The standard InChI is InChI=1S/C15H19ClN4O3/c1-20-14(12(16)9-19-20)11-8-10(15(17)22)2-3-13(11)23-7-5-18-4-6-21/h2-3,8-9,18,21H,4-7H2,1H3,(H2,17,22). The van der Waals surface area contributed by atoms with Gasteiger partial charge in [-0.15, -0.1) is 0 Å². The highest BCUT2D eigenvalue weighted by atomic mass is 35.5. The van der Waals surface area contributed by atoms with E-state index in [9.17, 15) is 4.79 Å². The number of hydrogen-bond donors (Lipinski definition) is 3. The quantitative estimate of drug-likeness (QED) is 0.618. The summed E-state index contributed by atoms with van der Waals surface area (Å²) in [6, 6.07) is 4.93. The number of aliphatic hydroxyl groups excluding tert-OH is 1. The van der Waals surface area contributed by atoms with E-state index in [0.29, 0.717) is 47.3 Å². The lowest BCUT2D eigenvalue weighted by Gasteiger charge is -2.13. The Morgan fingerprint density at radius 2 is 2.26 bits per heavy atom. The van der Waals surface area contributed by atoms with E-state index < -0.39 is 5.91 Å². The minimum absolute atomic E-state index is 0.0726. The largest absolute Gasteiger partial charge is 0.492 e. The van der Waals surface area contributed by atoms with E-state index in [1.807, 2.05) is 0 Å². The van der Waals surface area contributed by atoms with E-state index in [-0.39, 0.29) is 6.61 Å². The number of nitrogens with zero attached hydrogens (tertiary/aromatic N) is 2. The molecular weight excluding hydrogens is 320 g/mol. The molecule has 0 saturated carbocycles. The van der Waals surface area contributed by atoms with Crippen molar-refractivity contribution in [3.05, 3.63) is 35.0 Å². The van der Waals surface area contributed by atoms with Crippen molar-refractivity contribution >= 4 is 17.5 Å². The van der Waals surface area contributed by atoms with Crippen molar-refractivity contribution in [1.29, 1.82) is 0 Å². The molecule has 1 aromatic carbocycles. The molecule has 124 valence electrons. The number of rotatable bonds is 8. The van der Waals surface area contributed by atoms with Crippen molar-refractivity contribution in [3.63, 3.8) is 0 Å². The second kappa shape index (κ2) is 7.96. The van der Waals surface area contributed by atoms with Crippen molar-refractivity contribution in [2.45, 2.75) is 0 Å². The van der Waals surface area contributed by atoms with Crippen LogP contribution >= 0.6 is 11.6 Å². The van der Waals surface area contributed by atoms with Crippen molar-refractivity contribution < 1.29 is 14.6 Å². The fourth-order valence-corrected chi connectivity index (χ4v) is 2.41. The summed E-state index contributed by atoms with van der Waals surface area (Å²) in [5.74, 6) is 0.0481. The number of aryl methyl sites for hydroxylation is 1. The summed E-state index contributed by atoms with van der Waals surface area (Å²) in [7, 11) is 1.75. The van der Waals surface area contributed by atoms with Gasteiger partial charge in [-0.3, -0.25) is 9.48 Å². The van der Waals surface area contributed by atoms with Gasteiger partial charge in [0.15, 0.2) is 0 Å². The Labute approximate surface area is 139 Å². The first kappa shape index (κ1) is 17.3. The van der Waals surface area contributed by atoms with Crippen LogP contribution in [-0.4, -0.2) is 47.1 Å². The average Bonchev–Trinajstić information content (AvgIpc) is 2.86. The number of carbonyl (C=O) groups excluding carboxylic acids is 1. The topological polar surface area (TPSA) is 102 Å². The van der Waals surface area contributed by atoms with Gasteiger partial charge in [-0.2, -0.15) is 5.10 Å². The maximum absolute atomic E-state index is 11.4. The number of primary amides is 1. The van der Waals surface area contributed by atoms with Crippen LogP contribution in [0.1, 0.15) is 10.4 Å². The monoisotopic (exact) mass is 338 g/mol. The van der Waals surface area contributed by atoms with Gasteiger partial charge in [0.1, 0.15) is 12.4 Å². The highest BCUT2D eigenvalue weighted by Gasteiger charge is 2.16. The third-order valence-electron chi connectivity index (χ3n) is 3.24. The van der Waals surface area contributed by atoms with Crippen molar-refractivity contribution in [2.75, 3.05) is 26.3 Å². The summed E-state index contributed by atoms with van der Waals surface area (Å²) in [5.41, 5.74) is 7.01. The number of nitrogens with two attached hydrogens (primary N) is 1. The lowest BCUT2D eigenvalue weighted by Crippen LogP contribution is -2.24. The van der Waals surface area contributed by atoms with E-state index in [0.717, 1.165) is 0 Å². The highest BCUT2D eigenvalue weighted by Crippen LogP contribution is 2.35. The molecule has 0 aliphatic carbocycles. The zero-order valence-electron chi connectivity index (χ0n) is 12.8. The third-order valence-corrected chi connectivity index (χ3v) is 3.51. The first-order chi connectivity index (χ1) is 11.0. The Kier molecular flexibility index (Phi) is 5.97. The summed E-state index contributed by atoms with van der Waals surface area (Å²) >= 11 is 6.19. The molecule has 2 rings (SSSR count). The van der Waals surface area contributed by atoms with Crippen molar-refractivity contribution in [3.8, 4) is 17.0 Å². The maximum Gasteiger partial charge on any atom is 0.248 e. The summed E-state index contributed by atoms with van der Waals surface area (Å²) < 4.78 is 7.37. The number of nitrogens with one attached hydrogen (secondary N) is 1. The van der Waals surface area contributed by atoms with Gasteiger partial charge >= 0.3 is 0 Å². The van der Waals surface area contributed by atoms with Crippen LogP contribution in [0, 0.1) is 0 Å². The lowest BCUT2D eigenvalue weighted by molar-refractivity contribution is 0.100. The normalized spacial score (nSPS) is 10.7. The van der Waals surface area contributed by atoms with Gasteiger partial charge in [-0.25, -0.2) is 0 Å². The van der Waals surface area contributed by atoms with E-state index in [2.05, 4.69) is 10.4 Å². The molecule has 1 aromatic heterocycles. The molecule has 0 spiro atoms. The molecule has 1 amide bonds. The second-order valence-corrected chi connectivity index (χ2v) is 5.27. The van der Waals surface area contributed by atoms with Crippen LogP contribution in [0.3, 0.4) is 0 Å². The van der Waals surface area contributed by atoms with E-state index in [4.69, 9.17) is 27.2 Å². The van der Waals surface area contributed by atoms with Crippen LogP contribution < -0.4 is 15.8 Å². The Hall–Kier alpha value is -2.09. The Morgan fingerprint density at radius 3 is 2.87 bits per heavy atom. The first-order valence-corrected chi connectivity index (χ1v) is 7.48. The fraction of sp³-hybridized carbons (Fsp3) is 0.333. The molecule has 4 N–H and O–H groups in total. The zero-order valence-corrected chi connectivity index (χ0v) is 13.5. The smallest absolute Gasteiger partial charge is 0.248 e. The Bertz CT molecular complexity index is 668. The summed E-state index contributed by atoms with van der Waals surface area (Å²) in [6.45, 7) is 1.56. The molecule has 2 aromatic rings. The zero-order chi connectivity index (χ0) is 16.8. The summed E-state index contributed by atoms with van der Waals surface area (Å²) in [5, 5.41) is 16.3. The van der Waals surface area contributed by atoms with Crippen LogP contribution in [0.5, 0.6) is 5.75 Å². The number of carbonyl (C=O) groups is 1. The molecule has 0 radical (unpaired) electrons. The second-order valence-electron chi connectivity index (χ2n) is 4.86. The molecular formula is C15H19ClN4O3. The molecule has 1 heterocycles. The van der Waals surface area contributed by atoms with Gasteiger partial charge in [0.25, 0.3) is 0 Å². The van der Waals surface area contributed by atoms with Crippen LogP contribution in [0.4, 0.5) is 0 Å². The van der Waals surface area contributed by atoms with Gasteiger partial charge in [-0.05, 0) is 18.2 Å². The molecule has 23 heavy (non-hydrogen) atoms. The lowest BCUT2D eigenvalue weighted by atomic mass is 10.1. The minimum Gasteiger partial charge on any atom is -0.492 e. The first-order valence-electron chi connectivity index (χ1n) is 7.10. The predicted octanol–water partition coefficient (Wildman–Crippen LogP) is 0.800. The summed E-state index contributed by atoms with van der Waals surface area (Å²) in [4.78, 5) is 11.4. The fourth-order valence-electron chi connectivity index (χ4n) is 2.15. The predicted molar refractivity (Wildman–Crippen MR) is 87.6 cm³/mol. The molecule has 0 atom stereocenters. The summed E-state index contributed by atoms with van der Waals surface area (Å²) in [6.07, 6.45) is 1.53. The molecule has 0 fully saturated rings. The molecule has 0 saturated heterocycles. The van der Waals surface area contributed by atoms with Crippen LogP contribution in [0.15, 0.2) is 24.4 Å². The number of aromatic nitrogens is 2. The average molecular weight is 339 g/mol.